The van der Waals surface area contributed by atoms with Crippen LogP contribution in [0.4, 0.5) is 5.69 Å². The molecule has 37 heavy (non-hydrogen) atoms. The average Bonchev–Trinajstić information content (AvgIpc) is 3.38. The number of phenolic OH excluding ortho intramolecular Hbond substituents is 1. The van der Waals surface area contributed by atoms with Gasteiger partial charge in [0.2, 0.25) is 11.8 Å². The SMILES string of the molecule is CC1=C2[C@@H](CC/C(C)=C/c3ccc(O)cc3Cl)OC[C@@H]2[C@@H]2C(=O)N(c3cccc(B(O)O)c3)C(=O)[C@@H]2C1. The van der Waals surface area contributed by atoms with Crippen LogP contribution in [0.25, 0.3) is 6.08 Å². The zero-order chi connectivity index (χ0) is 26.4. The molecule has 0 unspecified atom stereocenters. The number of phenols is 1. The fourth-order valence-electron chi connectivity index (χ4n) is 6.04. The molecule has 9 heteroatoms. The van der Waals surface area contributed by atoms with Gasteiger partial charge in [-0.25, -0.2) is 0 Å². The first-order valence-corrected chi connectivity index (χ1v) is 12.8. The topological polar surface area (TPSA) is 107 Å². The number of hydrogen-bond donors (Lipinski definition) is 3. The molecule has 3 N–H and O–H groups in total. The molecule has 2 aromatic carbocycles. The summed E-state index contributed by atoms with van der Waals surface area (Å²) in [6.07, 6.45) is 3.92. The van der Waals surface area contributed by atoms with Crippen molar-refractivity contribution in [3.05, 3.63) is 69.8 Å². The third kappa shape index (κ3) is 4.75. The zero-order valence-electron chi connectivity index (χ0n) is 20.7. The van der Waals surface area contributed by atoms with Crippen molar-refractivity contribution < 1.29 is 29.5 Å². The molecule has 0 aromatic heterocycles. The largest absolute Gasteiger partial charge is 0.508 e. The molecule has 0 radical (unpaired) electrons. The summed E-state index contributed by atoms with van der Waals surface area (Å²) in [7, 11) is -1.68. The van der Waals surface area contributed by atoms with Crippen LogP contribution >= 0.6 is 11.6 Å². The van der Waals surface area contributed by atoms with E-state index in [1.165, 1.54) is 23.1 Å². The highest BCUT2D eigenvalue weighted by Gasteiger charge is 2.56. The van der Waals surface area contributed by atoms with E-state index in [1.807, 2.05) is 19.9 Å². The van der Waals surface area contributed by atoms with Crippen molar-refractivity contribution in [1.29, 1.82) is 0 Å². The fraction of sp³-hybridized carbons (Fsp3) is 0.357. The molecule has 5 rings (SSSR count). The quantitative estimate of drug-likeness (QED) is 0.305. The van der Waals surface area contributed by atoms with Gasteiger partial charge >= 0.3 is 7.12 Å². The van der Waals surface area contributed by atoms with E-state index in [-0.39, 0.29) is 35.0 Å². The number of rotatable bonds is 6. The number of fused-ring (bicyclic) bond motifs is 3. The first kappa shape index (κ1) is 25.7. The second-order valence-corrected chi connectivity index (χ2v) is 10.6. The number of carbonyl (C=O) groups is 2. The minimum absolute atomic E-state index is 0.116. The van der Waals surface area contributed by atoms with Crippen LogP contribution in [0, 0.1) is 17.8 Å². The molecule has 4 atom stereocenters. The first-order chi connectivity index (χ1) is 17.7. The summed E-state index contributed by atoms with van der Waals surface area (Å²) in [5.41, 5.74) is 4.79. The smallest absolute Gasteiger partial charge is 0.488 e. The lowest BCUT2D eigenvalue weighted by Gasteiger charge is -2.30. The number of anilines is 1. The second kappa shape index (κ2) is 10.1. The van der Waals surface area contributed by atoms with E-state index in [0.29, 0.717) is 23.7 Å². The van der Waals surface area contributed by atoms with E-state index in [9.17, 15) is 24.7 Å². The molecule has 2 heterocycles. The Kier molecular flexibility index (Phi) is 7.02. The number of aromatic hydroxyl groups is 1. The number of ether oxygens (including phenoxy) is 1. The molecule has 2 aliphatic heterocycles. The lowest BCUT2D eigenvalue weighted by molar-refractivity contribution is -0.122. The van der Waals surface area contributed by atoms with Gasteiger partial charge in [-0.3, -0.25) is 14.5 Å². The molecule has 3 aliphatic rings. The van der Waals surface area contributed by atoms with Gasteiger partial charge in [-0.1, -0.05) is 41.0 Å². The lowest BCUT2D eigenvalue weighted by atomic mass is 9.70. The number of benzene rings is 2. The van der Waals surface area contributed by atoms with Crippen LogP contribution in [-0.4, -0.2) is 46.8 Å². The summed E-state index contributed by atoms with van der Waals surface area (Å²) >= 11 is 6.24. The van der Waals surface area contributed by atoms with Crippen LogP contribution in [0.15, 0.2) is 59.2 Å². The van der Waals surface area contributed by atoms with Crippen LogP contribution in [0.3, 0.4) is 0 Å². The Balaban J connectivity index is 1.33. The monoisotopic (exact) mass is 521 g/mol. The van der Waals surface area contributed by atoms with Gasteiger partial charge in [-0.2, -0.15) is 0 Å². The summed E-state index contributed by atoms with van der Waals surface area (Å²) in [5, 5.41) is 29.1. The van der Waals surface area contributed by atoms with Crippen molar-refractivity contribution in [3.63, 3.8) is 0 Å². The molecule has 7 nitrogen and oxygen atoms in total. The summed E-state index contributed by atoms with van der Waals surface area (Å²) < 4.78 is 6.20. The molecule has 2 fully saturated rings. The maximum atomic E-state index is 13.6. The van der Waals surface area contributed by atoms with Crippen LogP contribution in [0.2, 0.25) is 5.02 Å². The van der Waals surface area contributed by atoms with Crippen LogP contribution in [-0.2, 0) is 14.3 Å². The van der Waals surface area contributed by atoms with Crippen molar-refractivity contribution in [1.82, 2.24) is 0 Å². The van der Waals surface area contributed by atoms with E-state index in [0.717, 1.165) is 35.1 Å². The van der Waals surface area contributed by atoms with Gasteiger partial charge in [-0.15, -0.1) is 0 Å². The highest BCUT2D eigenvalue weighted by molar-refractivity contribution is 6.58. The van der Waals surface area contributed by atoms with Gasteiger partial charge in [0, 0.05) is 5.92 Å². The molecular formula is C28H29BClNO6. The van der Waals surface area contributed by atoms with Crippen LogP contribution in [0.5, 0.6) is 5.75 Å². The Hall–Kier alpha value is -2.91. The summed E-state index contributed by atoms with van der Waals surface area (Å²) in [6.45, 7) is 4.46. The van der Waals surface area contributed by atoms with Crippen molar-refractivity contribution in [2.75, 3.05) is 11.5 Å². The third-order valence-electron chi connectivity index (χ3n) is 7.77. The molecule has 1 aliphatic carbocycles. The van der Waals surface area contributed by atoms with E-state index < -0.39 is 19.0 Å². The lowest BCUT2D eigenvalue weighted by Crippen LogP contribution is -2.35. The maximum absolute atomic E-state index is 13.6. The molecule has 192 valence electrons. The molecule has 0 saturated carbocycles. The van der Waals surface area contributed by atoms with E-state index >= 15 is 0 Å². The van der Waals surface area contributed by atoms with Crippen molar-refractivity contribution in [2.24, 2.45) is 17.8 Å². The second-order valence-electron chi connectivity index (χ2n) is 10.2. The van der Waals surface area contributed by atoms with E-state index in [4.69, 9.17) is 16.3 Å². The highest BCUT2D eigenvalue weighted by Crippen LogP contribution is 2.50. The number of nitrogens with zero attached hydrogens (tertiary/aromatic N) is 1. The van der Waals surface area contributed by atoms with Crippen molar-refractivity contribution >= 4 is 47.8 Å². The molecule has 0 spiro atoms. The summed E-state index contributed by atoms with van der Waals surface area (Å²) in [4.78, 5) is 28.2. The predicted molar refractivity (Wildman–Crippen MR) is 142 cm³/mol. The Labute approximate surface area is 221 Å². The molecule has 0 bridgehead atoms. The third-order valence-corrected chi connectivity index (χ3v) is 8.09. The van der Waals surface area contributed by atoms with Crippen LogP contribution in [0.1, 0.15) is 38.7 Å². The van der Waals surface area contributed by atoms with Gasteiger partial charge < -0.3 is 19.9 Å². The number of amides is 2. The Morgan fingerprint density at radius 1 is 1.16 bits per heavy atom. The molecule has 2 saturated heterocycles. The first-order valence-electron chi connectivity index (χ1n) is 12.5. The Morgan fingerprint density at radius 3 is 2.68 bits per heavy atom. The fourth-order valence-corrected chi connectivity index (χ4v) is 6.27. The summed E-state index contributed by atoms with van der Waals surface area (Å²) in [6, 6.07) is 11.2. The summed E-state index contributed by atoms with van der Waals surface area (Å²) in [5.74, 6) is -1.44. The number of hydrogen-bond acceptors (Lipinski definition) is 6. The van der Waals surface area contributed by atoms with Gasteiger partial charge in [0.1, 0.15) is 5.75 Å². The maximum Gasteiger partial charge on any atom is 0.488 e. The number of carbonyl (C=O) groups excluding carboxylic acids is 2. The van der Waals surface area contributed by atoms with E-state index in [1.54, 1.807) is 24.3 Å². The molecule has 2 amide bonds. The minimum atomic E-state index is -1.68. The number of allylic oxidation sites excluding steroid dienone is 2. The van der Waals surface area contributed by atoms with Gasteiger partial charge in [-0.05, 0) is 80.0 Å². The minimum Gasteiger partial charge on any atom is -0.508 e. The van der Waals surface area contributed by atoms with Gasteiger partial charge in [0.05, 0.1) is 35.3 Å². The standard InChI is InChI=1S/C28H29BClNO6/c1-15(10-17-7-8-20(32)13-23(17)30)6-9-24-25-16(2)11-21-26(22(25)14-37-24)28(34)31(27(21)33)19-5-3-4-18(12-19)29(35)36/h3-5,7-8,10,12-13,21-22,24,26,32,35-36H,6,9,11,14H2,1-2H3/b15-10+/t21-,22+,24-,26-/m1/s1. The number of halogens is 1. The number of imide groups is 1. The Bertz CT molecular complexity index is 1320. The van der Waals surface area contributed by atoms with Gasteiger partial charge in [0.25, 0.3) is 0 Å². The van der Waals surface area contributed by atoms with Crippen molar-refractivity contribution in [2.45, 2.75) is 39.2 Å². The van der Waals surface area contributed by atoms with E-state index in [2.05, 4.69) is 0 Å². The normalized spacial score (nSPS) is 25.5. The van der Waals surface area contributed by atoms with Crippen molar-refractivity contribution in [3.8, 4) is 5.75 Å². The molecular weight excluding hydrogens is 493 g/mol. The predicted octanol–water partition coefficient (Wildman–Crippen LogP) is 3.45. The zero-order valence-corrected chi connectivity index (χ0v) is 21.5. The highest BCUT2D eigenvalue weighted by atomic mass is 35.5. The Morgan fingerprint density at radius 2 is 1.95 bits per heavy atom. The molecule has 2 aromatic rings. The van der Waals surface area contributed by atoms with Gasteiger partial charge in [0.15, 0.2) is 0 Å². The average molecular weight is 522 g/mol. The van der Waals surface area contributed by atoms with Crippen LogP contribution < -0.4 is 10.4 Å².